The van der Waals surface area contributed by atoms with Crippen LogP contribution in [0.3, 0.4) is 0 Å². The van der Waals surface area contributed by atoms with E-state index in [4.69, 9.17) is 4.74 Å². The van der Waals surface area contributed by atoms with Crippen LogP contribution in [0.25, 0.3) is 10.9 Å². The van der Waals surface area contributed by atoms with Crippen molar-refractivity contribution in [2.24, 2.45) is 0 Å². The number of halogens is 1. The third-order valence-corrected chi connectivity index (χ3v) is 5.45. The van der Waals surface area contributed by atoms with Crippen molar-refractivity contribution in [1.29, 1.82) is 0 Å². The number of methoxy groups -OCH3 is 1. The number of hydrogen-bond donors (Lipinski definition) is 2. The fourth-order valence-electron chi connectivity index (χ4n) is 2.95. The minimum atomic E-state index is -0.765. The maximum Gasteiger partial charge on any atom is 0.240 e. The zero-order valence-electron chi connectivity index (χ0n) is 14.7. The van der Waals surface area contributed by atoms with Crippen LogP contribution in [0, 0.1) is 6.92 Å². The molecule has 1 atom stereocenters. The molecule has 5 nitrogen and oxygen atoms in total. The Balaban J connectivity index is 1.65. The van der Waals surface area contributed by atoms with Gasteiger partial charge in [0.25, 0.3) is 0 Å². The Morgan fingerprint density at radius 1 is 1.23 bits per heavy atom. The number of benzene rings is 2. The molecule has 0 aliphatic heterocycles. The van der Waals surface area contributed by atoms with Gasteiger partial charge in [-0.2, -0.15) is 0 Å². The summed E-state index contributed by atoms with van der Waals surface area (Å²) in [6.07, 6.45) is -0.765. The largest absolute Gasteiger partial charge is 0.497 e. The van der Waals surface area contributed by atoms with Gasteiger partial charge in [0, 0.05) is 27.6 Å². The summed E-state index contributed by atoms with van der Waals surface area (Å²) < 4.78 is 8.07. The fraction of sp³-hybridized carbons (Fsp3) is 0.250. The van der Waals surface area contributed by atoms with E-state index in [2.05, 4.69) is 21.2 Å². The van der Waals surface area contributed by atoms with E-state index in [0.29, 0.717) is 0 Å². The van der Waals surface area contributed by atoms with Gasteiger partial charge in [0.15, 0.2) is 0 Å². The van der Waals surface area contributed by atoms with E-state index in [1.807, 2.05) is 35.8 Å². The van der Waals surface area contributed by atoms with Crippen LogP contribution >= 0.6 is 15.9 Å². The SMILES string of the molecule is COc1ccc(C(O)CNC(=O)Cn2c(C)c(Br)c3ccccc32)cc1. The molecule has 2 aromatic carbocycles. The second-order valence-corrected chi connectivity index (χ2v) is 6.89. The standard InChI is InChI=1S/C20H21BrN2O3/c1-13-20(21)16-5-3-4-6-17(16)23(13)12-19(25)22-11-18(24)14-7-9-15(26-2)10-8-14/h3-10,18,24H,11-12H2,1-2H3,(H,22,25). The lowest BCUT2D eigenvalue weighted by molar-refractivity contribution is -0.122. The summed E-state index contributed by atoms with van der Waals surface area (Å²) in [6.45, 7) is 2.33. The van der Waals surface area contributed by atoms with Crippen LogP contribution in [0.2, 0.25) is 0 Å². The molecule has 0 aliphatic carbocycles. The maximum atomic E-state index is 12.4. The number of carbonyl (C=O) groups excluding carboxylic acids is 1. The quantitative estimate of drug-likeness (QED) is 0.645. The van der Waals surface area contributed by atoms with Gasteiger partial charge in [-0.3, -0.25) is 4.79 Å². The van der Waals surface area contributed by atoms with Crippen molar-refractivity contribution in [2.75, 3.05) is 13.7 Å². The van der Waals surface area contributed by atoms with Crippen molar-refractivity contribution >= 4 is 32.7 Å². The Bertz CT molecular complexity index is 919. The lowest BCUT2D eigenvalue weighted by Gasteiger charge is -2.14. The van der Waals surface area contributed by atoms with E-state index in [1.54, 1.807) is 31.4 Å². The molecule has 136 valence electrons. The second kappa shape index (κ2) is 7.93. The number of aliphatic hydroxyl groups excluding tert-OH is 1. The highest BCUT2D eigenvalue weighted by Gasteiger charge is 2.15. The number of amides is 1. The average Bonchev–Trinajstić information content (AvgIpc) is 2.91. The summed E-state index contributed by atoms with van der Waals surface area (Å²) in [5.74, 6) is 0.583. The van der Waals surface area contributed by atoms with Crippen LogP contribution in [0.1, 0.15) is 17.4 Å². The monoisotopic (exact) mass is 416 g/mol. The molecule has 1 aromatic heterocycles. The third kappa shape index (κ3) is 3.76. The van der Waals surface area contributed by atoms with Gasteiger partial charge < -0.3 is 19.7 Å². The molecule has 0 radical (unpaired) electrons. The van der Waals surface area contributed by atoms with E-state index >= 15 is 0 Å². The molecule has 1 unspecified atom stereocenters. The Labute approximate surface area is 160 Å². The lowest BCUT2D eigenvalue weighted by Crippen LogP contribution is -2.31. The molecule has 0 saturated carbocycles. The smallest absolute Gasteiger partial charge is 0.240 e. The van der Waals surface area contributed by atoms with Gasteiger partial charge in [-0.15, -0.1) is 0 Å². The number of fused-ring (bicyclic) bond motifs is 1. The third-order valence-electron chi connectivity index (χ3n) is 4.45. The number of aromatic nitrogens is 1. The predicted octanol–water partition coefficient (Wildman–Crippen LogP) is 3.57. The number of hydrogen-bond acceptors (Lipinski definition) is 3. The summed E-state index contributed by atoms with van der Waals surface area (Å²) >= 11 is 3.59. The van der Waals surface area contributed by atoms with Crippen LogP contribution < -0.4 is 10.1 Å². The van der Waals surface area contributed by atoms with Crippen molar-refractivity contribution in [1.82, 2.24) is 9.88 Å². The first-order chi connectivity index (χ1) is 12.5. The zero-order chi connectivity index (χ0) is 18.7. The van der Waals surface area contributed by atoms with Gasteiger partial charge in [-0.05, 0) is 46.6 Å². The number of para-hydroxylation sites is 1. The molecule has 1 heterocycles. The first kappa shape index (κ1) is 18.5. The van der Waals surface area contributed by atoms with Gasteiger partial charge in [-0.1, -0.05) is 30.3 Å². The van der Waals surface area contributed by atoms with E-state index in [9.17, 15) is 9.90 Å². The van der Waals surface area contributed by atoms with Crippen molar-refractivity contribution in [3.63, 3.8) is 0 Å². The van der Waals surface area contributed by atoms with Gasteiger partial charge in [0.1, 0.15) is 12.3 Å². The molecular formula is C20H21BrN2O3. The maximum absolute atomic E-state index is 12.4. The highest BCUT2D eigenvalue weighted by Crippen LogP contribution is 2.30. The minimum Gasteiger partial charge on any atom is -0.497 e. The summed E-state index contributed by atoms with van der Waals surface area (Å²) in [5.41, 5.74) is 2.73. The minimum absolute atomic E-state index is 0.145. The van der Waals surface area contributed by atoms with E-state index in [1.165, 1.54) is 0 Å². The second-order valence-electron chi connectivity index (χ2n) is 6.10. The number of aliphatic hydroxyl groups is 1. The van der Waals surface area contributed by atoms with Crippen LogP contribution in [0.4, 0.5) is 0 Å². The Kier molecular flexibility index (Phi) is 5.64. The van der Waals surface area contributed by atoms with Gasteiger partial charge in [0.05, 0.1) is 13.2 Å². The molecule has 0 fully saturated rings. The first-order valence-electron chi connectivity index (χ1n) is 8.33. The van der Waals surface area contributed by atoms with Gasteiger partial charge in [0.2, 0.25) is 5.91 Å². The predicted molar refractivity (Wildman–Crippen MR) is 105 cm³/mol. The topological polar surface area (TPSA) is 63.5 Å². The van der Waals surface area contributed by atoms with Gasteiger partial charge >= 0.3 is 0 Å². The van der Waals surface area contributed by atoms with Crippen LogP contribution in [0.5, 0.6) is 5.75 Å². The van der Waals surface area contributed by atoms with Crippen LogP contribution in [-0.4, -0.2) is 29.2 Å². The van der Waals surface area contributed by atoms with Crippen molar-refractivity contribution < 1.29 is 14.6 Å². The summed E-state index contributed by atoms with van der Waals surface area (Å²) in [4.78, 5) is 12.4. The highest BCUT2D eigenvalue weighted by atomic mass is 79.9. The zero-order valence-corrected chi connectivity index (χ0v) is 16.3. The van der Waals surface area contributed by atoms with E-state index in [-0.39, 0.29) is 19.0 Å². The van der Waals surface area contributed by atoms with Crippen LogP contribution in [-0.2, 0) is 11.3 Å². The van der Waals surface area contributed by atoms with Gasteiger partial charge in [-0.25, -0.2) is 0 Å². The Morgan fingerprint density at radius 2 is 1.92 bits per heavy atom. The number of ether oxygens (including phenoxy) is 1. The molecule has 0 aliphatic rings. The van der Waals surface area contributed by atoms with Crippen molar-refractivity contribution in [3.05, 3.63) is 64.3 Å². The number of nitrogens with one attached hydrogen (secondary N) is 1. The summed E-state index contributed by atoms with van der Waals surface area (Å²) in [7, 11) is 1.59. The molecule has 6 heteroatoms. The Morgan fingerprint density at radius 3 is 2.62 bits per heavy atom. The highest BCUT2D eigenvalue weighted by molar-refractivity contribution is 9.10. The lowest BCUT2D eigenvalue weighted by atomic mass is 10.1. The fourth-order valence-corrected chi connectivity index (χ4v) is 3.50. The molecular weight excluding hydrogens is 396 g/mol. The summed E-state index contributed by atoms with van der Waals surface area (Å²) in [5, 5.41) is 14.1. The van der Waals surface area contributed by atoms with E-state index in [0.717, 1.165) is 32.4 Å². The van der Waals surface area contributed by atoms with E-state index < -0.39 is 6.10 Å². The Hall–Kier alpha value is -2.31. The first-order valence-corrected chi connectivity index (χ1v) is 9.12. The molecule has 0 spiro atoms. The average molecular weight is 417 g/mol. The molecule has 3 rings (SSSR count). The van der Waals surface area contributed by atoms with Crippen LogP contribution in [0.15, 0.2) is 53.0 Å². The molecule has 2 N–H and O–H groups in total. The molecule has 0 bridgehead atoms. The molecule has 3 aromatic rings. The van der Waals surface area contributed by atoms with Crippen molar-refractivity contribution in [2.45, 2.75) is 19.6 Å². The normalized spacial score (nSPS) is 12.2. The number of nitrogens with zero attached hydrogens (tertiary/aromatic N) is 1. The van der Waals surface area contributed by atoms with Crippen molar-refractivity contribution in [3.8, 4) is 5.75 Å². The summed E-state index contributed by atoms with van der Waals surface area (Å²) in [6, 6.07) is 15.1. The number of carbonyl (C=O) groups is 1. The molecule has 26 heavy (non-hydrogen) atoms. The molecule has 0 saturated heterocycles. The number of rotatable bonds is 6. The molecule has 1 amide bonds.